The van der Waals surface area contributed by atoms with Crippen LogP contribution in [0.25, 0.3) is 0 Å². The second kappa shape index (κ2) is 10.7. The average molecular weight is 417 g/mol. The molecule has 0 radical (unpaired) electrons. The lowest BCUT2D eigenvalue weighted by Crippen LogP contribution is -2.41. The molecule has 1 aromatic carbocycles. The quantitative estimate of drug-likeness (QED) is 0.322. The predicted octanol–water partition coefficient (Wildman–Crippen LogP) is 3.62. The number of guanidine groups is 1. The first-order valence-electron chi connectivity index (χ1n) is 8.00. The van der Waals surface area contributed by atoms with Gasteiger partial charge in [-0.05, 0) is 31.4 Å². The molecule has 0 saturated heterocycles. The molecule has 0 aromatic heterocycles. The maximum absolute atomic E-state index is 5.92. The van der Waals surface area contributed by atoms with Crippen molar-refractivity contribution < 1.29 is 4.74 Å². The number of nitrogens with two attached hydrogens (primary N) is 1. The summed E-state index contributed by atoms with van der Waals surface area (Å²) >= 11 is 0. The molecule has 4 nitrogen and oxygen atoms in total. The summed E-state index contributed by atoms with van der Waals surface area (Å²) < 4.78 is 5.74. The Morgan fingerprint density at radius 2 is 2.00 bits per heavy atom. The van der Waals surface area contributed by atoms with Gasteiger partial charge in [0.2, 0.25) is 0 Å². The number of benzene rings is 1. The minimum Gasteiger partial charge on any atom is -0.493 e. The molecule has 124 valence electrons. The number of para-hydroxylation sites is 1. The highest BCUT2D eigenvalue weighted by Crippen LogP contribution is 2.17. The van der Waals surface area contributed by atoms with E-state index in [1.807, 2.05) is 18.2 Å². The van der Waals surface area contributed by atoms with Gasteiger partial charge in [0.1, 0.15) is 5.75 Å². The summed E-state index contributed by atoms with van der Waals surface area (Å²) in [5.74, 6) is 1.53. The van der Waals surface area contributed by atoms with Gasteiger partial charge in [0.25, 0.3) is 0 Å². The van der Waals surface area contributed by atoms with Crippen LogP contribution in [0.1, 0.15) is 44.1 Å². The van der Waals surface area contributed by atoms with Crippen molar-refractivity contribution in [3.8, 4) is 5.75 Å². The van der Waals surface area contributed by atoms with Crippen LogP contribution in [0.15, 0.2) is 29.3 Å². The summed E-state index contributed by atoms with van der Waals surface area (Å²) in [6, 6.07) is 8.58. The summed E-state index contributed by atoms with van der Waals surface area (Å²) in [5, 5.41) is 3.32. The van der Waals surface area contributed by atoms with Crippen LogP contribution in [-0.4, -0.2) is 25.2 Å². The summed E-state index contributed by atoms with van der Waals surface area (Å²) in [5.41, 5.74) is 7.09. The topological polar surface area (TPSA) is 59.6 Å². The van der Waals surface area contributed by atoms with Gasteiger partial charge >= 0.3 is 0 Å². The Morgan fingerprint density at radius 3 is 2.73 bits per heavy atom. The number of ether oxygens (including phenoxy) is 1. The smallest absolute Gasteiger partial charge is 0.188 e. The Bertz CT molecular complexity index is 459. The second-order valence-electron chi connectivity index (χ2n) is 5.71. The first-order chi connectivity index (χ1) is 10.3. The maximum Gasteiger partial charge on any atom is 0.188 e. The molecular weight excluding hydrogens is 389 g/mol. The molecule has 5 heteroatoms. The molecule has 0 aliphatic heterocycles. The van der Waals surface area contributed by atoms with Crippen LogP contribution in [0.2, 0.25) is 0 Å². The van der Waals surface area contributed by atoms with Crippen LogP contribution < -0.4 is 15.8 Å². The number of halogens is 1. The molecule has 1 fully saturated rings. The van der Waals surface area contributed by atoms with Gasteiger partial charge in [-0.25, -0.2) is 0 Å². The first-order valence-corrected chi connectivity index (χ1v) is 8.00. The summed E-state index contributed by atoms with van der Waals surface area (Å²) in [6.07, 6.45) is 7.26. The molecule has 0 spiro atoms. The summed E-state index contributed by atoms with van der Waals surface area (Å²) in [6.45, 7) is 3.43. The number of aliphatic imine (C=N–C) groups is 1. The Balaban J connectivity index is 0.00000242. The highest BCUT2D eigenvalue weighted by Gasteiger charge is 2.12. The molecule has 2 rings (SSSR count). The van der Waals surface area contributed by atoms with E-state index in [4.69, 9.17) is 10.5 Å². The van der Waals surface area contributed by atoms with Gasteiger partial charge < -0.3 is 15.8 Å². The van der Waals surface area contributed by atoms with E-state index >= 15 is 0 Å². The van der Waals surface area contributed by atoms with E-state index in [0.29, 0.717) is 25.2 Å². The van der Waals surface area contributed by atoms with Gasteiger partial charge in [-0.3, -0.25) is 4.99 Å². The van der Waals surface area contributed by atoms with E-state index in [1.54, 1.807) is 0 Å². The lowest BCUT2D eigenvalue weighted by molar-refractivity contribution is 0.311. The average Bonchev–Trinajstić information content (AvgIpc) is 2.50. The van der Waals surface area contributed by atoms with Gasteiger partial charge in [-0.2, -0.15) is 0 Å². The van der Waals surface area contributed by atoms with E-state index in [2.05, 4.69) is 23.3 Å². The fourth-order valence-electron chi connectivity index (χ4n) is 2.67. The Morgan fingerprint density at radius 1 is 1.27 bits per heavy atom. The van der Waals surface area contributed by atoms with Crippen LogP contribution in [0, 0.1) is 6.92 Å². The van der Waals surface area contributed by atoms with E-state index in [0.717, 1.165) is 12.2 Å². The van der Waals surface area contributed by atoms with Gasteiger partial charge in [0, 0.05) is 19.0 Å². The molecule has 1 aliphatic rings. The predicted molar refractivity (Wildman–Crippen MR) is 103 cm³/mol. The molecule has 1 aromatic rings. The Hall–Kier alpha value is -0.980. The zero-order valence-corrected chi connectivity index (χ0v) is 15.7. The van der Waals surface area contributed by atoms with Crippen LogP contribution in [-0.2, 0) is 0 Å². The van der Waals surface area contributed by atoms with Crippen molar-refractivity contribution in [1.29, 1.82) is 0 Å². The number of hydrogen-bond donors (Lipinski definition) is 2. The third-order valence-corrected chi connectivity index (χ3v) is 3.89. The standard InChI is InChI=1S/C17H27N3O.HI/c1-14-8-5-6-11-16(14)21-13-7-12-19-17(18)20-15-9-3-2-4-10-15;/h5-6,8,11,15H,2-4,7,9-10,12-13H2,1H3,(H3,18,19,20);1H. The molecule has 0 atom stereocenters. The fourth-order valence-corrected chi connectivity index (χ4v) is 2.67. The van der Waals surface area contributed by atoms with Crippen molar-refractivity contribution >= 4 is 29.9 Å². The largest absolute Gasteiger partial charge is 0.493 e. The van der Waals surface area contributed by atoms with Gasteiger partial charge in [0.15, 0.2) is 5.96 Å². The second-order valence-corrected chi connectivity index (χ2v) is 5.71. The van der Waals surface area contributed by atoms with Crippen molar-refractivity contribution in [3.05, 3.63) is 29.8 Å². The van der Waals surface area contributed by atoms with E-state index < -0.39 is 0 Å². The fraction of sp³-hybridized carbons (Fsp3) is 0.588. The van der Waals surface area contributed by atoms with Crippen LogP contribution in [0.4, 0.5) is 0 Å². The minimum absolute atomic E-state index is 0. The lowest BCUT2D eigenvalue weighted by atomic mass is 9.96. The minimum atomic E-state index is 0. The monoisotopic (exact) mass is 417 g/mol. The van der Waals surface area contributed by atoms with E-state index in [1.165, 1.54) is 37.7 Å². The van der Waals surface area contributed by atoms with Crippen molar-refractivity contribution in [2.75, 3.05) is 13.2 Å². The highest BCUT2D eigenvalue weighted by atomic mass is 127. The number of hydrogen-bond acceptors (Lipinski definition) is 2. The molecule has 22 heavy (non-hydrogen) atoms. The van der Waals surface area contributed by atoms with Gasteiger partial charge in [-0.15, -0.1) is 24.0 Å². The number of aryl methyl sites for hydroxylation is 1. The molecule has 0 unspecified atom stereocenters. The number of nitrogens with zero attached hydrogens (tertiary/aromatic N) is 1. The lowest BCUT2D eigenvalue weighted by Gasteiger charge is -2.23. The van der Waals surface area contributed by atoms with Crippen molar-refractivity contribution in [1.82, 2.24) is 5.32 Å². The molecule has 1 saturated carbocycles. The van der Waals surface area contributed by atoms with Crippen LogP contribution in [0.5, 0.6) is 5.75 Å². The molecule has 0 amide bonds. The Kier molecular flexibility index (Phi) is 9.27. The SMILES string of the molecule is Cc1ccccc1OCCCN=C(N)NC1CCCCC1.I. The summed E-state index contributed by atoms with van der Waals surface area (Å²) in [7, 11) is 0. The van der Waals surface area contributed by atoms with E-state index in [9.17, 15) is 0 Å². The molecule has 1 aliphatic carbocycles. The van der Waals surface area contributed by atoms with Crippen molar-refractivity contribution in [2.45, 2.75) is 51.5 Å². The van der Waals surface area contributed by atoms with Gasteiger partial charge in [0.05, 0.1) is 6.61 Å². The normalized spacial score (nSPS) is 16.0. The van der Waals surface area contributed by atoms with Crippen LogP contribution >= 0.6 is 24.0 Å². The van der Waals surface area contributed by atoms with Crippen LogP contribution in [0.3, 0.4) is 0 Å². The molecular formula is C17H28IN3O. The number of nitrogens with one attached hydrogen (secondary N) is 1. The third kappa shape index (κ3) is 6.85. The molecule has 3 N–H and O–H groups in total. The highest BCUT2D eigenvalue weighted by molar-refractivity contribution is 14.0. The number of rotatable bonds is 6. The molecule has 0 heterocycles. The third-order valence-electron chi connectivity index (χ3n) is 3.89. The first kappa shape index (κ1) is 19.1. The van der Waals surface area contributed by atoms with E-state index in [-0.39, 0.29) is 24.0 Å². The summed E-state index contributed by atoms with van der Waals surface area (Å²) in [4.78, 5) is 4.38. The zero-order chi connectivity index (χ0) is 14.9. The maximum atomic E-state index is 5.92. The zero-order valence-electron chi connectivity index (χ0n) is 13.4. The van der Waals surface area contributed by atoms with Gasteiger partial charge in [-0.1, -0.05) is 37.5 Å². The van der Waals surface area contributed by atoms with Crippen molar-refractivity contribution in [3.63, 3.8) is 0 Å². The molecule has 0 bridgehead atoms. The van der Waals surface area contributed by atoms with Crippen molar-refractivity contribution in [2.24, 2.45) is 10.7 Å². The Labute approximate surface area is 150 Å².